The Hall–Kier alpha value is -0.330. The van der Waals surface area contributed by atoms with E-state index < -0.39 is 0 Å². The largest absolute Gasteiger partial charge is 0.300 e. The highest BCUT2D eigenvalue weighted by Crippen LogP contribution is 1.89. The molecule has 0 N–H and O–H groups in total. The van der Waals surface area contributed by atoms with Gasteiger partial charge in [-0.3, -0.25) is 4.79 Å². The van der Waals surface area contributed by atoms with Crippen LogP contribution in [0.4, 0.5) is 0 Å². The number of rotatable bonds is 1. The molecule has 0 fully saturated rings. The van der Waals surface area contributed by atoms with Crippen LogP contribution in [-0.4, -0.2) is 5.78 Å². The standard InChI is InChI=1S/C5H10O/c1-4(2)5(3)6/h4H,1-3H3/i4+1. The highest BCUT2D eigenvalue weighted by atomic mass is 16.1. The highest BCUT2D eigenvalue weighted by molar-refractivity contribution is 5.77. The summed E-state index contributed by atoms with van der Waals surface area (Å²) in [5.74, 6) is 0.472. The van der Waals surface area contributed by atoms with Crippen molar-refractivity contribution in [3.63, 3.8) is 0 Å². The third-order valence-electron chi connectivity index (χ3n) is 0.813. The molecule has 6 heavy (non-hydrogen) atoms. The second kappa shape index (κ2) is 1.96. The van der Waals surface area contributed by atoms with Crippen molar-refractivity contribution in [2.75, 3.05) is 0 Å². The van der Waals surface area contributed by atoms with Crippen molar-refractivity contribution >= 4 is 5.78 Å². The summed E-state index contributed by atoms with van der Waals surface area (Å²) in [6.45, 7) is 5.38. The van der Waals surface area contributed by atoms with Crippen LogP contribution in [0.15, 0.2) is 0 Å². The van der Waals surface area contributed by atoms with E-state index in [0.29, 0.717) is 0 Å². The van der Waals surface area contributed by atoms with Gasteiger partial charge < -0.3 is 0 Å². The van der Waals surface area contributed by atoms with Gasteiger partial charge in [0.05, 0.1) is 0 Å². The third-order valence-corrected chi connectivity index (χ3v) is 0.813. The Morgan fingerprint density at radius 1 is 1.50 bits per heavy atom. The Labute approximate surface area is 38.4 Å². The van der Waals surface area contributed by atoms with Crippen LogP contribution in [0.2, 0.25) is 0 Å². The minimum absolute atomic E-state index is 0.213. The lowest BCUT2D eigenvalue weighted by Gasteiger charge is -1.90. The fourth-order valence-corrected chi connectivity index (χ4v) is 0. The van der Waals surface area contributed by atoms with E-state index in [0.717, 1.165) is 0 Å². The molecule has 0 spiro atoms. The highest BCUT2D eigenvalue weighted by Gasteiger charge is 1.94. The van der Waals surface area contributed by atoms with Gasteiger partial charge in [-0.1, -0.05) is 13.8 Å². The summed E-state index contributed by atoms with van der Waals surface area (Å²) in [6, 6.07) is 0. The predicted octanol–water partition coefficient (Wildman–Crippen LogP) is 1.23. The molecule has 0 heterocycles. The molecule has 0 aliphatic heterocycles. The summed E-state index contributed by atoms with van der Waals surface area (Å²) in [7, 11) is 0. The normalized spacial score (nSPS) is 9.33. The molecule has 1 heteroatoms. The number of hydrogen-bond acceptors (Lipinski definition) is 1. The molecular weight excluding hydrogens is 77.0 g/mol. The Bertz CT molecular complexity index is 55.0. The van der Waals surface area contributed by atoms with Crippen molar-refractivity contribution < 1.29 is 4.79 Å². The van der Waals surface area contributed by atoms with E-state index in [1.807, 2.05) is 13.8 Å². The summed E-state index contributed by atoms with van der Waals surface area (Å²) in [4.78, 5) is 10.1. The van der Waals surface area contributed by atoms with Crippen LogP contribution in [0, 0.1) is 5.92 Å². The van der Waals surface area contributed by atoms with E-state index in [2.05, 4.69) is 0 Å². The van der Waals surface area contributed by atoms with Crippen LogP contribution in [-0.2, 0) is 4.79 Å². The zero-order valence-corrected chi connectivity index (χ0v) is 4.49. The van der Waals surface area contributed by atoms with Crippen LogP contribution < -0.4 is 0 Å². The van der Waals surface area contributed by atoms with Gasteiger partial charge in [-0.15, -0.1) is 0 Å². The molecule has 0 radical (unpaired) electrons. The van der Waals surface area contributed by atoms with E-state index >= 15 is 0 Å². The molecule has 0 saturated heterocycles. The lowest BCUT2D eigenvalue weighted by atomic mass is 10.5. The molecular formula is C5H10O. The fraction of sp³-hybridized carbons (Fsp3) is 0.800. The summed E-state index contributed by atoms with van der Waals surface area (Å²) < 4.78 is 0. The molecule has 0 aromatic rings. The minimum Gasteiger partial charge on any atom is -0.300 e. The Morgan fingerprint density at radius 2 is 1.67 bits per heavy atom. The van der Waals surface area contributed by atoms with E-state index in [4.69, 9.17) is 0 Å². The number of hydrogen-bond donors (Lipinski definition) is 0. The van der Waals surface area contributed by atoms with Crippen molar-refractivity contribution in [1.29, 1.82) is 0 Å². The quantitative estimate of drug-likeness (QED) is 0.439. The number of ketones is 1. The molecule has 0 aliphatic carbocycles. The SMILES string of the molecule is CC(=O)[13CH](C)C. The zero-order valence-electron chi connectivity index (χ0n) is 4.49. The zero-order chi connectivity index (χ0) is 5.15. The molecule has 0 saturated carbocycles. The minimum atomic E-state index is 0.213. The van der Waals surface area contributed by atoms with Gasteiger partial charge in [0, 0.05) is 5.92 Å². The maximum atomic E-state index is 10.1. The smallest absolute Gasteiger partial charge is 0.132 e. The Morgan fingerprint density at radius 3 is 1.67 bits per heavy atom. The van der Waals surface area contributed by atoms with Gasteiger partial charge in [0.25, 0.3) is 0 Å². The lowest BCUT2D eigenvalue weighted by Crippen LogP contribution is -1.98. The van der Waals surface area contributed by atoms with E-state index in [1.165, 1.54) is 0 Å². The number of carbonyl (C=O) groups excluding carboxylic acids is 1. The average molecular weight is 87.1 g/mol. The summed E-state index contributed by atoms with van der Waals surface area (Å²) in [5, 5.41) is 0. The van der Waals surface area contributed by atoms with Crippen molar-refractivity contribution in [3.05, 3.63) is 0 Å². The van der Waals surface area contributed by atoms with Crippen molar-refractivity contribution in [3.8, 4) is 0 Å². The number of carbonyl (C=O) groups is 1. The fourth-order valence-electron chi connectivity index (χ4n) is 0. The van der Waals surface area contributed by atoms with Crippen LogP contribution in [0.25, 0.3) is 0 Å². The maximum Gasteiger partial charge on any atom is 0.132 e. The van der Waals surface area contributed by atoms with Gasteiger partial charge in [0.2, 0.25) is 0 Å². The molecule has 0 atom stereocenters. The van der Waals surface area contributed by atoms with Gasteiger partial charge in [0.1, 0.15) is 5.78 Å². The van der Waals surface area contributed by atoms with Crippen LogP contribution >= 0.6 is 0 Å². The first kappa shape index (κ1) is 5.67. The van der Waals surface area contributed by atoms with Crippen molar-refractivity contribution in [2.45, 2.75) is 20.8 Å². The van der Waals surface area contributed by atoms with Gasteiger partial charge in [-0.25, -0.2) is 0 Å². The first-order valence-electron chi connectivity index (χ1n) is 2.15. The first-order chi connectivity index (χ1) is 2.64. The molecule has 0 amide bonds. The Balaban J connectivity index is 3.26. The van der Waals surface area contributed by atoms with E-state index in [-0.39, 0.29) is 11.7 Å². The molecule has 0 aromatic carbocycles. The molecule has 0 rings (SSSR count). The third kappa shape index (κ3) is 1.94. The van der Waals surface area contributed by atoms with Gasteiger partial charge >= 0.3 is 0 Å². The second-order valence-electron chi connectivity index (χ2n) is 1.77. The van der Waals surface area contributed by atoms with Crippen LogP contribution in [0.3, 0.4) is 0 Å². The Kier molecular flexibility index (Phi) is 1.85. The summed E-state index contributed by atoms with van der Waals surface area (Å²) in [5.41, 5.74) is 0. The van der Waals surface area contributed by atoms with Crippen LogP contribution in [0.5, 0.6) is 0 Å². The lowest BCUT2D eigenvalue weighted by molar-refractivity contribution is -0.119. The van der Waals surface area contributed by atoms with Crippen molar-refractivity contribution in [2.24, 2.45) is 5.92 Å². The summed E-state index contributed by atoms with van der Waals surface area (Å²) in [6.07, 6.45) is 0. The predicted molar refractivity (Wildman–Crippen MR) is 25.5 cm³/mol. The molecule has 0 aliphatic rings. The van der Waals surface area contributed by atoms with E-state index in [1.54, 1.807) is 6.92 Å². The monoisotopic (exact) mass is 87.1 g/mol. The molecule has 0 aromatic heterocycles. The van der Waals surface area contributed by atoms with Gasteiger partial charge in [-0.05, 0) is 6.92 Å². The summed E-state index contributed by atoms with van der Waals surface area (Å²) >= 11 is 0. The number of Topliss-reactive ketones (excluding diaryl/α,β-unsaturated/α-hetero) is 1. The molecule has 0 unspecified atom stereocenters. The topological polar surface area (TPSA) is 17.1 Å². The molecule has 0 bridgehead atoms. The second-order valence-corrected chi connectivity index (χ2v) is 1.77. The average Bonchev–Trinajstić information content (AvgIpc) is 1.36. The van der Waals surface area contributed by atoms with Crippen molar-refractivity contribution in [1.82, 2.24) is 0 Å². The van der Waals surface area contributed by atoms with Gasteiger partial charge in [0.15, 0.2) is 0 Å². The maximum absolute atomic E-state index is 10.1. The first-order valence-corrected chi connectivity index (χ1v) is 2.15. The molecule has 36 valence electrons. The molecule has 1 nitrogen and oxygen atoms in total. The van der Waals surface area contributed by atoms with E-state index in [9.17, 15) is 4.79 Å². The van der Waals surface area contributed by atoms with Gasteiger partial charge in [-0.2, -0.15) is 0 Å². The van der Waals surface area contributed by atoms with Crippen LogP contribution in [0.1, 0.15) is 20.8 Å².